The highest BCUT2D eigenvalue weighted by Crippen LogP contribution is 2.32. The molecule has 1 aromatic rings. The van der Waals surface area contributed by atoms with E-state index in [1.807, 2.05) is 10.8 Å². The molecule has 0 radical (unpaired) electrons. The fourth-order valence-electron chi connectivity index (χ4n) is 2.25. The molecule has 100 valence electrons. The standard InChI is InChI=1S/C12H21N5S/c1-3-8-13-9-10(2)18-12-14-15-16-17(12)11-6-4-5-7-11/h3,10-11,13H,1,4-9H2,2H3. The summed E-state index contributed by atoms with van der Waals surface area (Å²) in [6.45, 7) is 7.67. The molecule has 1 unspecified atom stereocenters. The van der Waals surface area contributed by atoms with E-state index in [0.717, 1.165) is 18.2 Å². The molecule has 18 heavy (non-hydrogen) atoms. The molecular weight excluding hydrogens is 246 g/mol. The summed E-state index contributed by atoms with van der Waals surface area (Å²) in [6, 6.07) is 0.510. The third-order valence-electron chi connectivity index (χ3n) is 3.16. The zero-order valence-corrected chi connectivity index (χ0v) is 11.7. The van der Waals surface area contributed by atoms with Gasteiger partial charge in [0.25, 0.3) is 0 Å². The molecule has 1 heterocycles. The first-order valence-electron chi connectivity index (χ1n) is 6.57. The van der Waals surface area contributed by atoms with Gasteiger partial charge in [-0.05, 0) is 23.3 Å². The van der Waals surface area contributed by atoms with Crippen LogP contribution in [-0.4, -0.2) is 38.5 Å². The van der Waals surface area contributed by atoms with Crippen molar-refractivity contribution in [3.05, 3.63) is 12.7 Å². The summed E-state index contributed by atoms with van der Waals surface area (Å²) in [5.41, 5.74) is 0. The number of aromatic nitrogens is 4. The molecule has 1 saturated carbocycles. The van der Waals surface area contributed by atoms with Crippen molar-refractivity contribution in [1.82, 2.24) is 25.5 Å². The Labute approximate surface area is 112 Å². The van der Waals surface area contributed by atoms with Gasteiger partial charge in [0.1, 0.15) is 0 Å². The van der Waals surface area contributed by atoms with Gasteiger partial charge in [-0.15, -0.1) is 11.7 Å². The predicted molar refractivity (Wildman–Crippen MR) is 73.7 cm³/mol. The zero-order chi connectivity index (χ0) is 12.8. The number of nitrogens with zero attached hydrogens (tertiary/aromatic N) is 4. The van der Waals surface area contributed by atoms with Crippen LogP contribution in [0.4, 0.5) is 0 Å². The molecule has 5 nitrogen and oxygen atoms in total. The lowest BCUT2D eigenvalue weighted by Crippen LogP contribution is -2.23. The third kappa shape index (κ3) is 3.55. The van der Waals surface area contributed by atoms with Crippen molar-refractivity contribution in [2.75, 3.05) is 13.1 Å². The number of rotatable bonds is 7. The fraction of sp³-hybridized carbons (Fsp3) is 0.750. The smallest absolute Gasteiger partial charge is 0.209 e. The van der Waals surface area contributed by atoms with Crippen molar-refractivity contribution >= 4 is 11.8 Å². The van der Waals surface area contributed by atoms with Crippen LogP contribution in [0.5, 0.6) is 0 Å². The summed E-state index contributed by atoms with van der Waals surface area (Å²) in [5.74, 6) is 0. The monoisotopic (exact) mass is 267 g/mol. The van der Waals surface area contributed by atoms with Crippen LogP contribution in [0.15, 0.2) is 17.8 Å². The first-order valence-corrected chi connectivity index (χ1v) is 7.45. The molecule has 0 aliphatic heterocycles. The van der Waals surface area contributed by atoms with Gasteiger partial charge in [-0.1, -0.05) is 37.6 Å². The van der Waals surface area contributed by atoms with Crippen molar-refractivity contribution < 1.29 is 0 Å². The van der Waals surface area contributed by atoms with Crippen LogP contribution >= 0.6 is 11.8 Å². The van der Waals surface area contributed by atoms with E-state index in [0.29, 0.717) is 11.3 Å². The Bertz CT molecular complexity index is 372. The molecule has 0 saturated heterocycles. The van der Waals surface area contributed by atoms with E-state index < -0.39 is 0 Å². The van der Waals surface area contributed by atoms with Gasteiger partial charge >= 0.3 is 0 Å². The quantitative estimate of drug-likeness (QED) is 0.465. The van der Waals surface area contributed by atoms with Gasteiger partial charge in [0.05, 0.1) is 6.04 Å². The summed E-state index contributed by atoms with van der Waals surface area (Å²) < 4.78 is 2.02. The second-order valence-electron chi connectivity index (χ2n) is 4.72. The Balaban J connectivity index is 1.88. The van der Waals surface area contributed by atoms with E-state index in [-0.39, 0.29) is 0 Å². The maximum atomic E-state index is 4.15. The Hall–Kier alpha value is -0.880. The predicted octanol–water partition coefficient (Wildman–Crippen LogP) is 2.04. The molecular formula is C12H21N5S. The van der Waals surface area contributed by atoms with Gasteiger partial charge in [0, 0.05) is 18.3 Å². The lowest BCUT2D eigenvalue weighted by atomic mass is 10.3. The van der Waals surface area contributed by atoms with Gasteiger partial charge in [-0.3, -0.25) is 0 Å². The first-order chi connectivity index (χ1) is 8.81. The molecule has 2 rings (SSSR count). The third-order valence-corrected chi connectivity index (χ3v) is 4.21. The molecule has 1 atom stereocenters. The minimum atomic E-state index is 0.455. The van der Waals surface area contributed by atoms with E-state index in [2.05, 4.69) is 34.3 Å². The van der Waals surface area contributed by atoms with Crippen LogP contribution in [0.25, 0.3) is 0 Å². The van der Waals surface area contributed by atoms with Crippen LogP contribution in [0.2, 0.25) is 0 Å². The van der Waals surface area contributed by atoms with Crippen molar-refractivity contribution in [1.29, 1.82) is 0 Å². The minimum absolute atomic E-state index is 0.455. The summed E-state index contributed by atoms with van der Waals surface area (Å²) >= 11 is 1.74. The fourth-order valence-corrected chi connectivity index (χ4v) is 3.19. The molecule has 0 spiro atoms. The molecule has 0 bridgehead atoms. The van der Waals surface area contributed by atoms with E-state index >= 15 is 0 Å². The van der Waals surface area contributed by atoms with Gasteiger partial charge in [-0.25, -0.2) is 4.68 Å². The van der Waals surface area contributed by atoms with E-state index in [9.17, 15) is 0 Å². The maximum absolute atomic E-state index is 4.15. The lowest BCUT2D eigenvalue weighted by molar-refractivity contribution is 0.422. The number of hydrogen-bond donors (Lipinski definition) is 1. The van der Waals surface area contributed by atoms with Gasteiger partial charge in [0.15, 0.2) is 0 Å². The first kappa shape index (κ1) is 13.5. The van der Waals surface area contributed by atoms with E-state index in [1.165, 1.54) is 25.7 Å². The van der Waals surface area contributed by atoms with Gasteiger partial charge in [0.2, 0.25) is 5.16 Å². The summed E-state index contributed by atoms with van der Waals surface area (Å²) in [4.78, 5) is 0. The molecule has 0 aromatic carbocycles. The number of tetrazole rings is 1. The molecule has 1 N–H and O–H groups in total. The van der Waals surface area contributed by atoms with Crippen LogP contribution in [-0.2, 0) is 0 Å². The summed E-state index contributed by atoms with van der Waals surface area (Å²) in [5, 5.41) is 16.8. The van der Waals surface area contributed by atoms with Crippen molar-refractivity contribution in [3.8, 4) is 0 Å². The molecule has 1 fully saturated rings. The van der Waals surface area contributed by atoms with Crippen LogP contribution in [0.3, 0.4) is 0 Å². The summed E-state index contributed by atoms with van der Waals surface area (Å²) in [6.07, 6.45) is 6.89. The van der Waals surface area contributed by atoms with Gasteiger partial charge in [-0.2, -0.15) is 0 Å². The highest BCUT2D eigenvalue weighted by Gasteiger charge is 2.22. The average Bonchev–Trinajstić information content (AvgIpc) is 2.99. The summed E-state index contributed by atoms with van der Waals surface area (Å²) in [7, 11) is 0. The maximum Gasteiger partial charge on any atom is 0.209 e. The molecule has 1 aliphatic rings. The number of nitrogens with one attached hydrogen (secondary N) is 1. The van der Waals surface area contributed by atoms with E-state index in [4.69, 9.17) is 0 Å². The topological polar surface area (TPSA) is 55.6 Å². The molecule has 1 aromatic heterocycles. The van der Waals surface area contributed by atoms with Crippen LogP contribution in [0, 0.1) is 0 Å². The molecule has 1 aliphatic carbocycles. The highest BCUT2D eigenvalue weighted by molar-refractivity contribution is 7.99. The normalized spacial score (nSPS) is 18.1. The molecule has 6 heteroatoms. The Morgan fingerprint density at radius 1 is 1.56 bits per heavy atom. The van der Waals surface area contributed by atoms with Crippen LogP contribution in [0.1, 0.15) is 38.6 Å². The zero-order valence-electron chi connectivity index (χ0n) is 10.9. The lowest BCUT2D eigenvalue weighted by Gasteiger charge is -2.14. The number of thioether (sulfide) groups is 1. The molecule has 0 amide bonds. The van der Waals surface area contributed by atoms with E-state index in [1.54, 1.807) is 11.8 Å². The van der Waals surface area contributed by atoms with Gasteiger partial charge < -0.3 is 5.32 Å². The minimum Gasteiger partial charge on any atom is -0.312 e. The van der Waals surface area contributed by atoms with Crippen molar-refractivity contribution in [2.45, 2.75) is 49.1 Å². The Morgan fingerprint density at radius 2 is 2.33 bits per heavy atom. The SMILES string of the molecule is C=CCNCC(C)Sc1nnnn1C1CCCC1. The van der Waals surface area contributed by atoms with Crippen LogP contribution < -0.4 is 5.32 Å². The Kier molecular flexibility index (Phi) is 5.19. The number of hydrogen-bond acceptors (Lipinski definition) is 5. The van der Waals surface area contributed by atoms with Crippen molar-refractivity contribution in [3.63, 3.8) is 0 Å². The average molecular weight is 267 g/mol. The second-order valence-corrected chi connectivity index (χ2v) is 6.13. The Morgan fingerprint density at radius 3 is 3.06 bits per heavy atom. The largest absolute Gasteiger partial charge is 0.312 e. The highest BCUT2D eigenvalue weighted by atomic mass is 32.2. The van der Waals surface area contributed by atoms with Crippen molar-refractivity contribution in [2.24, 2.45) is 0 Å². The second kappa shape index (κ2) is 6.89.